The third kappa shape index (κ3) is 3.14. The van der Waals surface area contributed by atoms with Gasteiger partial charge in [-0.1, -0.05) is 34.1 Å². The molecular formula is C18H17BrN2O3. The molecule has 0 bridgehead atoms. The largest absolute Gasteiger partial charge is 0.449 e. The molecule has 5 nitrogen and oxygen atoms in total. The fourth-order valence-electron chi connectivity index (χ4n) is 2.77. The number of ether oxygens (including phenoxy) is 1. The Balaban J connectivity index is 1.73. The average Bonchev–Trinajstić information content (AvgIpc) is 3.00. The first-order valence-corrected chi connectivity index (χ1v) is 8.42. The summed E-state index contributed by atoms with van der Waals surface area (Å²) in [6.07, 6.45) is -0.0803. The first-order valence-electron chi connectivity index (χ1n) is 7.62. The molecule has 0 saturated carbocycles. The zero-order valence-corrected chi connectivity index (χ0v) is 14.7. The van der Waals surface area contributed by atoms with E-state index in [9.17, 15) is 9.59 Å². The maximum absolute atomic E-state index is 12.6. The highest BCUT2D eigenvalue weighted by molar-refractivity contribution is 9.10. The van der Waals surface area contributed by atoms with E-state index in [0.717, 1.165) is 22.1 Å². The van der Waals surface area contributed by atoms with Gasteiger partial charge in [-0.3, -0.25) is 4.79 Å². The Morgan fingerprint density at radius 3 is 2.79 bits per heavy atom. The van der Waals surface area contributed by atoms with Crippen LogP contribution in [0.5, 0.6) is 0 Å². The van der Waals surface area contributed by atoms with Crippen LogP contribution in [0.4, 0.5) is 11.4 Å². The van der Waals surface area contributed by atoms with E-state index < -0.39 is 12.1 Å². The molecule has 0 unspecified atom stereocenters. The number of benzene rings is 2. The van der Waals surface area contributed by atoms with Gasteiger partial charge in [0, 0.05) is 22.4 Å². The van der Waals surface area contributed by atoms with Crippen molar-refractivity contribution < 1.29 is 14.3 Å². The van der Waals surface area contributed by atoms with Crippen LogP contribution in [0.1, 0.15) is 22.8 Å². The minimum Gasteiger partial charge on any atom is -0.449 e. The van der Waals surface area contributed by atoms with Gasteiger partial charge in [-0.15, -0.1) is 0 Å². The molecule has 0 saturated heterocycles. The highest BCUT2D eigenvalue weighted by atomic mass is 79.9. The Morgan fingerprint density at radius 2 is 2.00 bits per heavy atom. The normalized spacial score (nSPS) is 14.2. The van der Waals surface area contributed by atoms with Crippen molar-refractivity contribution in [1.82, 2.24) is 0 Å². The summed E-state index contributed by atoms with van der Waals surface area (Å²) in [6, 6.07) is 12.7. The lowest BCUT2D eigenvalue weighted by Crippen LogP contribution is -2.39. The molecule has 1 atom stereocenters. The number of hydrogen-bond donors (Lipinski definition) is 1. The monoisotopic (exact) mass is 388 g/mol. The lowest BCUT2D eigenvalue weighted by molar-refractivity contribution is -0.126. The van der Waals surface area contributed by atoms with Gasteiger partial charge >= 0.3 is 5.97 Å². The molecule has 0 radical (unpaired) electrons. The molecule has 0 aromatic heterocycles. The maximum atomic E-state index is 12.6. The van der Waals surface area contributed by atoms with E-state index in [4.69, 9.17) is 10.5 Å². The molecule has 1 aliphatic rings. The molecule has 2 N–H and O–H groups in total. The van der Waals surface area contributed by atoms with E-state index in [1.165, 1.54) is 0 Å². The van der Waals surface area contributed by atoms with Gasteiger partial charge in [-0.05, 0) is 43.2 Å². The van der Waals surface area contributed by atoms with Gasteiger partial charge in [0.15, 0.2) is 6.10 Å². The van der Waals surface area contributed by atoms with Crippen molar-refractivity contribution in [3.8, 4) is 0 Å². The van der Waals surface area contributed by atoms with E-state index in [0.29, 0.717) is 12.2 Å². The first kappa shape index (κ1) is 16.5. The van der Waals surface area contributed by atoms with E-state index in [-0.39, 0.29) is 11.5 Å². The van der Waals surface area contributed by atoms with Gasteiger partial charge < -0.3 is 15.4 Å². The Hall–Kier alpha value is -2.34. The molecule has 2 aromatic carbocycles. The highest BCUT2D eigenvalue weighted by Crippen LogP contribution is 2.28. The molecule has 124 valence electrons. The fourth-order valence-corrected chi connectivity index (χ4v) is 3.13. The zero-order valence-electron chi connectivity index (χ0n) is 13.2. The minimum atomic E-state index is -0.887. The lowest BCUT2D eigenvalue weighted by Gasteiger charge is -2.22. The number of hydrogen-bond acceptors (Lipinski definition) is 4. The van der Waals surface area contributed by atoms with Crippen LogP contribution >= 0.6 is 15.9 Å². The van der Waals surface area contributed by atoms with Gasteiger partial charge in [0.25, 0.3) is 5.91 Å². The molecule has 6 heteroatoms. The molecule has 3 rings (SSSR count). The number of nitrogens with two attached hydrogens (primary N) is 1. The van der Waals surface area contributed by atoms with Gasteiger partial charge in [-0.25, -0.2) is 4.79 Å². The summed E-state index contributed by atoms with van der Waals surface area (Å²) in [6.45, 7) is 2.18. The maximum Gasteiger partial charge on any atom is 0.341 e. The van der Waals surface area contributed by atoms with Crippen molar-refractivity contribution in [2.24, 2.45) is 0 Å². The molecular weight excluding hydrogens is 372 g/mol. The SMILES string of the molecule is C[C@H](OC(=O)c1cc(Br)ccc1N)C(=O)N1CCc2ccccc21. The predicted octanol–water partition coefficient (Wildman–Crippen LogP) is 3.17. The summed E-state index contributed by atoms with van der Waals surface area (Å²) < 4.78 is 6.05. The fraction of sp³-hybridized carbons (Fsp3) is 0.222. The highest BCUT2D eigenvalue weighted by Gasteiger charge is 2.30. The third-order valence-corrected chi connectivity index (χ3v) is 4.51. The summed E-state index contributed by atoms with van der Waals surface area (Å²) in [4.78, 5) is 26.6. The van der Waals surface area contributed by atoms with Crippen LogP contribution in [-0.2, 0) is 16.0 Å². The summed E-state index contributed by atoms with van der Waals surface area (Å²) in [5.74, 6) is -0.844. The smallest absolute Gasteiger partial charge is 0.341 e. The number of carbonyl (C=O) groups is 2. The Bertz CT molecular complexity index is 807. The second-order valence-corrected chi connectivity index (χ2v) is 6.56. The summed E-state index contributed by atoms with van der Waals surface area (Å²) in [7, 11) is 0. The second-order valence-electron chi connectivity index (χ2n) is 5.65. The van der Waals surface area contributed by atoms with Crippen LogP contribution in [0.25, 0.3) is 0 Å². The van der Waals surface area contributed by atoms with Crippen molar-refractivity contribution in [1.29, 1.82) is 0 Å². The number of nitrogen functional groups attached to an aromatic ring is 1. The van der Waals surface area contributed by atoms with Crippen molar-refractivity contribution in [2.45, 2.75) is 19.4 Å². The number of carbonyl (C=O) groups excluding carboxylic acids is 2. The topological polar surface area (TPSA) is 72.6 Å². The Morgan fingerprint density at radius 1 is 1.25 bits per heavy atom. The number of nitrogens with zero attached hydrogens (tertiary/aromatic N) is 1. The van der Waals surface area contributed by atoms with E-state index in [1.54, 1.807) is 30.0 Å². The number of rotatable bonds is 3. The molecule has 0 spiro atoms. The van der Waals surface area contributed by atoms with Crippen molar-refractivity contribution in [3.63, 3.8) is 0 Å². The van der Waals surface area contributed by atoms with Crippen molar-refractivity contribution >= 4 is 39.2 Å². The van der Waals surface area contributed by atoms with Crippen LogP contribution in [0.15, 0.2) is 46.9 Å². The van der Waals surface area contributed by atoms with Gasteiger partial charge in [0.1, 0.15) is 0 Å². The number of halogens is 1. The second kappa shape index (κ2) is 6.65. The molecule has 24 heavy (non-hydrogen) atoms. The number of anilines is 2. The predicted molar refractivity (Wildman–Crippen MR) is 95.9 cm³/mol. The van der Waals surface area contributed by atoms with Gasteiger partial charge in [-0.2, -0.15) is 0 Å². The van der Waals surface area contributed by atoms with E-state index >= 15 is 0 Å². The number of esters is 1. The Kier molecular flexibility index (Phi) is 4.57. The van der Waals surface area contributed by atoms with E-state index in [1.807, 2.05) is 24.3 Å². The van der Waals surface area contributed by atoms with Crippen LogP contribution in [0.2, 0.25) is 0 Å². The summed E-state index contributed by atoms with van der Waals surface area (Å²) in [5.41, 5.74) is 8.37. The summed E-state index contributed by atoms with van der Waals surface area (Å²) in [5, 5.41) is 0. The Labute approximate surface area is 148 Å². The number of amides is 1. The summed E-state index contributed by atoms with van der Waals surface area (Å²) >= 11 is 3.29. The van der Waals surface area contributed by atoms with E-state index in [2.05, 4.69) is 15.9 Å². The van der Waals surface area contributed by atoms with Gasteiger partial charge in [0.2, 0.25) is 0 Å². The molecule has 2 aromatic rings. The van der Waals surface area contributed by atoms with Crippen LogP contribution in [0.3, 0.4) is 0 Å². The molecule has 1 heterocycles. The number of fused-ring (bicyclic) bond motifs is 1. The standard InChI is InChI=1S/C18H17BrN2O3/c1-11(24-18(23)14-10-13(19)6-7-15(14)20)17(22)21-9-8-12-4-2-3-5-16(12)21/h2-7,10-11H,8-9,20H2,1H3/t11-/m0/s1. The molecule has 1 amide bonds. The first-order chi connectivity index (χ1) is 11.5. The minimum absolute atomic E-state index is 0.234. The zero-order chi connectivity index (χ0) is 17.3. The molecule has 0 fully saturated rings. The average molecular weight is 389 g/mol. The van der Waals surface area contributed by atoms with Crippen molar-refractivity contribution in [2.75, 3.05) is 17.2 Å². The third-order valence-electron chi connectivity index (χ3n) is 4.02. The quantitative estimate of drug-likeness (QED) is 0.647. The van der Waals surface area contributed by atoms with Crippen LogP contribution < -0.4 is 10.6 Å². The lowest BCUT2D eigenvalue weighted by atomic mass is 10.2. The van der Waals surface area contributed by atoms with Crippen LogP contribution in [-0.4, -0.2) is 24.5 Å². The van der Waals surface area contributed by atoms with Crippen molar-refractivity contribution in [3.05, 3.63) is 58.1 Å². The van der Waals surface area contributed by atoms with Crippen LogP contribution in [0, 0.1) is 0 Å². The number of para-hydroxylation sites is 1. The molecule has 0 aliphatic carbocycles. The van der Waals surface area contributed by atoms with Gasteiger partial charge in [0.05, 0.1) is 5.56 Å². The molecule has 1 aliphatic heterocycles.